The molecule has 0 N–H and O–H groups in total. The van der Waals surface area contributed by atoms with Crippen molar-refractivity contribution in [2.75, 3.05) is 7.11 Å². The van der Waals surface area contributed by atoms with Gasteiger partial charge in [0, 0.05) is 11.6 Å². The average molecular weight is 223 g/mol. The molecule has 0 radical (unpaired) electrons. The third kappa shape index (κ3) is 2.56. The van der Waals surface area contributed by atoms with E-state index in [0.717, 1.165) is 5.56 Å². The first-order valence-electron chi connectivity index (χ1n) is 4.77. The second-order valence-corrected chi connectivity index (χ2v) is 3.57. The lowest BCUT2D eigenvalue weighted by Gasteiger charge is -2.05. The van der Waals surface area contributed by atoms with Crippen molar-refractivity contribution < 1.29 is 14.5 Å². The lowest BCUT2D eigenvalue weighted by Crippen LogP contribution is -2.06. The van der Waals surface area contributed by atoms with Crippen LogP contribution in [0.4, 0.5) is 5.69 Å². The highest BCUT2D eigenvalue weighted by molar-refractivity contribution is 5.73. The van der Waals surface area contributed by atoms with E-state index in [-0.39, 0.29) is 12.1 Å². The van der Waals surface area contributed by atoms with Crippen molar-refractivity contribution in [3.05, 3.63) is 38.9 Å². The summed E-state index contributed by atoms with van der Waals surface area (Å²) in [5.41, 5.74) is 2.06. The molecule has 0 amide bonds. The second-order valence-electron chi connectivity index (χ2n) is 3.57. The topological polar surface area (TPSA) is 69.4 Å². The van der Waals surface area contributed by atoms with Crippen LogP contribution in [-0.4, -0.2) is 18.0 Å². The number of esters is 1. The van der Waals surface area contributed by atoms with Crippen LogP contribution in [0.3, 0.4) is 0 Å². The molecule has 1 aromatic rings. The van der Waals surface area contributed by atoms with Crippen LogP contribution in [-0.2, 0) is 16.0 Å². The number of carbonyl (C=O) groups excluding carboxylic acids is 1. The van der Waals surface area contributed by atoms with E-state index >= 15 is 0 Å². The summed E-state index contributed by atoms with van der Waals surface area (Å²) in [4.78, 5) is 21.4. The maximum absolute atomic E-state index is 11.1. The molecular weight excluding hydrogens is 210 g/mol. The highest BCUT2D eigenvalue weighted by atomic mass is 16.6. The number of benzene rings is 1. The van der Waals surface area contributed by atoms with Crippen LogP contribution < -0.4 is 0 Å². The number of nitro groups is 1. The van der Waals surface area contributed by atoms with Gasteiger partial charge in [0.25, 0.3) is 5.69 Å². The molecule has 0 atom stereocenters. The lowest BCUT2D eigenvalue weighted by atomic mass is 10.0. The summed E-state index contributed by atoms with van der Waals surface area (Å²) in [6.07, 6.45) is 0.0540. The number of hydrogen-bond donors (Lipinski definition) is 0. The molecule has 0 heterocycles. The van der Waals surface area contributed by atoms with Gasteiger partial charge in [-0.1, -0.05) is 6.07 Å². The van der Waals surface area contributed by atoms with E-state index in [1.165, 1.54) is 13.2 Å². The number of ether oxygens (including phenoxy) is 1. The zero-order valence-corrected chi connectivity index (χ0v) is 9.44. The van der Waals surface area contributed by atoms with Crippen LogP contribution in [0.15, 0.2) is 12.1 Å². The molecule has 0 aromatic heterocycles. The third-order valence-electron chi connectivity index (χ3n) is 2.47. The molecule has 0 fully saturated rings. The third-order valence-corrected chi connectivity index (χ3v) is 2.47. The Hall–Kier alpha value is -1.91. The fourth-order valence-electron chi connectivity index (χ4n) is 1.44. The summed E-state index contributed by atoms with van der Waals surface area (Å²) in [7, 11) is 1.29. The van der Waals surface area contributed by atoms with Gasteiger partial charge in [-0.3, -0.25) is 14.9 Å². The summed E-state index contributed by atoms with van der Waals surface area (Å²) in [6, 6.07) is 3.18. The Morgan fingerprint density at radius 3 is 2.56 bits per heavy atom. The van der Waals surface area contributed by atoms with E-state index in [0.29, 0.717) is 11.1 Å². The number of carbonyl (C=O) groups is 1. The minimum Gasteiger partial charge on any atom is -0.469 e. The molecule has 0 saturated carbocycles. The van der Waals surface area contributed by atoms with E-state index in [1.807, 2.05) is 0 Å². The van der Waals surface area contributed by atoms with Gasteiger partial charge in [-0.2, -0.15) is 0 Å². The average Bonchev–Trinajstić information content (AvgIpc) is 2.22. The Labute approximate surface area is 93.2 Å². The number of hydrogen-bond acceptors (Lipinski definition) is 4. The summed E-state index contributed by atoms with van der Waals surface area (Å²) in [6.45, 7) is 3.47. The molecule has 5 heteroatoms. The van der Waals surface area contributed by atoms with Crippen molar-refractivity contribution in [2.45, 2.75) is 20.3 Å². The molecule has 0 aliphatic rings. The van der Waals surface area contributed by atoms with Gasteiger partial charge in [-0.25, -0.2) is 0 Å². The van der Waals surface area contributed by atoms with Gasteiger partial charge >= 0.3 is 5.97 Å². The molecule has 0 unspecified atom stereocenters. The molecule has 5 nitrogen and oxygen atoms in total. The summed E-state index contributed by atoms with van der Waals surface area (Å²) < 4.78 is 4.52. The van der Waals surface area contributed by atoms with Gasteiger partial charge in [0.05, 0.1) is 18.5 Å². The van der Waals surface area contributed by atoms with Crippen LogP contribution in [0, 0.1) is 24.0 Å². The Morgan fingerprint density at radius 1 is 1.44 bits per heavy atom. The molecule has 0 spiro atoms. The maximum atomic E-state index is 11.1. The molecule has 0 aliphatic heterocycles. The molecule has 1 rings (SSSR count). The van der Waals surface area contributed by atoms with Crippen molar-refractivity contribution in [3.8, 4) is 0 Å². The second kappa shape index (κ2) is 4.74. The van der Waals surface area contributed by atoms with Crippen LogP contribution in [0.1, 0.15) is 16.7 Å². The fourth-order valence-corrected chi connectivity index (χ4v) is 1.44. The minimum atomic E-state index is -0.441. The van der Waals surface area contributed by atoms with Crippen molar-refractivity contribution in [2.24, 2.45) is 0 Å². The highest BCUT2D eigenvalue weighted by Crippen LogP contribution is 2.23. The number of methoxy groups -OCH3 is 1. The van der Waals surface area contributed by atoms with Crippen LogP contribution in [0.5, 0.6) is 0 Å². The first kappa shape index (κ1) is 12.2. The first-order valence-corrected chi connectivity index (χ1v) is 4.77. The molecule has 86 valence electrons. The van der Waals surface area contributed by atoms with Gasteiger partial charge in [-0.15, -0.1) is 0 Å². The van der Waals surface area contributed by atoms with E-state index < -0.39 is 10.9 Å². The standard InChI is InChI=1S/C11H13NO4/c1-7-4-9(6-11(13)16-3)5-10(8(7)2)12(14)15/h4-5H,6H2,1-3H3. The summed E-state index contributed by atoms with van der Waals surface area (Å²) in [5.74, 6) is -0.405. The van der Waals surface area contributed by atoms with Gasteiger partial charge in [0.15, 0.2) is 0 Å². The number of rotatable bonds is 3. The molecular formula is C11H13NO4. The fraction of sp³-hybridized carbons (Fsp3) is 0.364. The van der Waals surface area contributed by atoms with Gasteiger partial charge < -0.3 is 4.74 Å². The van der Waals surface area contributed by atoms with Crippen molar-refractivity contribution >= 4 is 11.7 Å². The highest BCUT2D eigenvalue weighted by Gasteiger charge is 2.15. The predicted octanol–water partition coefficient (Wildman–Crippen LogP) is 1.93. The Bertz CT molecular complexity index is 440. The Morgan fingerprint density at radius 2 is 2.06 bits per heavy atom. The zero-order chi connectivity index (χ0) is 12.3. The summed E-state index contributed by atoms with van der Waals surface area (Å²) in [5, 5.41) is 10.8. The number of aryl methyl sites for hydroxylation is 1. The van der Waals surface area contributed by atoms with E-state index in [1.54, 1.807) is 19.9 Å². The summed E-state index contributed by atoms with van der Waals surface area (Å²) >= 11 is 0. The number of nitrogens with zero attached hydrogens (tertiary/aromatic N) is 1. The van der Waals surface area contributed by atoms with E-state index in [4.69, 9.17) is 0 Å². The van der Waals surface area contributed by atoms with Crippen LogP contribution >= 0.6 is 0 Å². The normalized spacial score (nSPS) is 9.94. The zero-order valence-electron chi connectivity index (χ0n) is 9.44. The Kier molecular flexibility index (Phi) is 3.60. The first-order chi connectivity index (χ1) is 7.45. The molecule has 0 aliphatic carbocycles. The van der Waals surface area contributed by atoms with Gasteiger partial charge in [0.1, 0.15) is 0 Å². The lowest BCUT2D eigenvalue weighted by molar-refractivity contribution is -0.385. The SMILES string of the molecule is COC(=O)Cc1cc(C)c(C)c([N+](=O)[O-])c1. The molecule has 1 aromatic carbocycles. The van der Waals surface area contributed by atoms with Crippen LogP contribution in [0.25, 0.3) is 0 Å². The Balaban J connectivity index is 3.14. The quantitative estimate of drug-likeness (QED) is 0.446. The van der Waals surface area contributed by atoms with Gasteiger partial charge in [0.2, 0.25) is 0 Å². The van der Waals surface area contributed by atoms with Crippen LogP contribution in [0.2, 0.25) is 0 Å². The van der Waals surface area contributed by atoms with Gasteiger partial charge in [-0.05, 0) is 25.0 Å². The van der Waals surface area contributed by atoms with E-state index in [9.17, 15) is 14.9 Å². The van der Waals surface area contributed by atoms with Crippen molar-refractivity contribution in [3.63, 3.8) is 0 Å². The van der Waals surface area contributed by atoms with E-state index in [2.05, 4.69) is 4.74 Å². The molecule has 0 bridgehead atoms. The minimum absolute atomic E-state index is 0.0407. The molecule has 16 heavy (non-hydrogen) atoms. The molecule has 0 saturated heterocycles. The maximum Gasteiger partial charge on any atom is 0.309 e. The smallest absolute Gasteiger partial charge is 0.309 e. The largest absolute Gasteiger partial charge is 0.469 e. The number of nitro benzene ring substituents is 1. The monoisotopic (exact) mass is 223 g/mol. The van der Waals surface area contributed by atoms with Crippen molar-refractivity contribution in [1.82, 2.24) is 0 Å². The predicted molar refractivity (Wildman–Crippen MR) is 58.3 cm³/mol. The van der Waals surface area contributed by atoms with Crippen molar-refractivity contribution in [1.29, 1.82) is 0 Å².